The summed E-state index contributed by atoms with van der Waals surface area (Å²) >= 11 is 0. The van der Waals surface area contributed by atoms with E-state index in [4.69, 9.17) is 4.42 Å². The van der Waals surface area contributed by atoms with Crippen molar-refractivity contribution in [1.29, 1.82) is 0 Å². The normalized spacial score (nSPS) is 15.1. The number of hydrogen-bond donors (Lipinski definition) is 1. The number of methoxy groups -OCH3 is 1. The molecule has 0 radical (unpaired) electrons. The number of ether oxygens (including phenoxy) is 1. The number of aliphatic hydroxyl groups excluding tert-OH is 1. The van der Waals surface area contributed by atoms with E-state index in [0.29, 0.717) is 5.76 Å². The first kappa shape index (κ1) is 11.5. The third-order valence-corrected chi connectivity index (χ3v) is 2.07. The molecule has 82 valence electrons. The van der Waals surface area contributed by atoms with E-state index in [9.17, 15) is 9.90 Å². The van der Waals surface area contributed by atoms with Crippen molar-refractivity contribution in [3.63, 3.8) is 0 Å². The highest BCUT2D eigenvalue weighted by molar-refractivity contribution is 5.81. The molecule has 1 rings (SSSR count). The Morgan fingerprint density at radius 2 is 2.40 bits per heavy atom. The Kier molecular flexibility index (Phi) is 4.12. The second-order valence-corrected chi connectivity index (χ2v) is 3.20. The summed E-state index contributed by atoms with van der Waals surface area (Å²) in [5.41, 5.74) is 0. The van der Waals surface area contributed by atoms with Crippen molar-refractivity contribution in [2.24, 2.45) is 5.92 Å². The highest BCUT2D eigenvalue weighted by Crippen LogP contribution is 2.22. The molecule has 0 amide bonds. The molecule has 0 aliphatic carbocycles. The fourth-order valence-corrected chi connectivity index (χ4v) is 1.12. The third kappa shape index (κ3) is 3.25. The van der Waals surface area contributed by atoms with Gasteiger partial charge in [-0.05, 0) is 12.1 Å². The number of carbonyl (C=O) groups excluding carboxylic acids is 1. The largest absolute Gasteiger partial charge is 0.467 e. The van der Waals surface area contributed by atoms with Gasteiger partial charge in [0.25, 0.3) is 0 Å². The Bertz CT molecular complexity index is 326. The number of aliphatic hydroxyl groups is 1. The first-order valence-corrected chi connectivity index (χ1v) is 4.62. The Hall–Kier alpha value is -1.55. The molecule has 1 N–H and O–H groups in total. The SMILES string of the molecule is COC(=O)/C=C/[C@@H](C)[C@@H](O)c1ccco1. The monoisotopic (exact) mass is 210 g/mol. The molecule has 0 bridgehead atoms. The zero-order valence-electron chi connectivity index (χ0n) is 8.71. The van der Waals surface area contributed by atoms with Crippen molar-refractivity contribution < 1.29 is 19.1 Å². The van der Waals surface area contributed by atoms with Gasteiger partial charge in [-0.2, -0.15) is 0 Å². The quantitative estimate of drug-likeness (QED) is 0.606. The number of rotatable bonds is 4. The Morgan fingerprint density at radius 3 is 2.93 bits per heavy atom. The van der Waals surface area contributed by atoms with Crippen LogP contribution < -0.4 is 0 Å². The van der Waals surface area contributed by atoms with Gasteiger partial charge >= 0.3 is 5.97 Å². The van der Waals surface area contributed by atoms with E-state index in [2.05, 4.69) is 4.74 Å². The second-order valence-electron chi connectivity index (χ2n) is 3.20. The van der Waals surface area contributed by atoms with Gasteiger partial charge in [0.05, 0.1) is 13.4 Å². The predicted molar refractivity (Wildman–Crippen MR) is 54.0 cm³/mol. The summed E-state index contributed by atoms with van der Waals surface area (Å²) in [6.45, 7) is 1.78. The molecule has 0 spiro atoms. The van der Waals surface area contributed by atoms with Crippen LogP contribution in [0, 0.1) is 5.92 Å². The zero-order valence-corrected chi connectivity index (χ0v) is 8.71. The van der Waals surface area contributed by atoms with E-state index in [1.807, 2.05) is 0 Å². The van der Waals surface area contributed by atoms with Gasteiger partial charge < -0.3 is 14.3 Å². The summed E-state index contributed by atoms with van der Waals surface area (Å²) < 4.78 is 9.49. The van der Waals surface area contributed by atoms with E-state index in [1.54, 1.807) is 25.1 Å². The minimum atomic E-state index is -0.749. The van der Waals surface area contributed by atoms with Crippen LogP contribution in [0.3, 0.4) is 0 Å². The molecule has 1 aromatic rings. The molecule has 0 fully saturated rings. The molecule has 2 atom stereocenters. The summed E-state index contributed by atoms with van der Waals surface area (Å²) in [6.07, 6.45) is 3.62. The Labute approximate surface area is 88.2 Å². The molecule has 0 aliphatic heterocycles. The fraction of sp³-hybridized carbons (Fsp3) is 0.364. The molecule has 15 heavy (non-hydrogen) atoms. The molecule has 0 saturated heterocycles. The molecular weight excluding hydrogens is 196 g/mol. The van der Waals surface area contributed by atoms with Gasteiger partial charge in [-0.3, -0.25) is 0 Å². The Balaban J connectivity index is 2.57. The number of furan rings is 1. The number of hydrogen-bond acceptors (Lipinski definition) is 4. The van der Waals surface area contributed by atoms with E-state index < -0.39 is 12.1 Å². The van der Waals surface area contributed by atoms with E-state index >= 15 is 0 Å². The second kappa shape index (κ2) is 5.36. The maximum Gasteiger partial charge on any atom is 0.330 e. The van der Waals surface area contributed by atoms with Crippen LogP contribution in [0.2, 0.25) is 0 Å². The first-order chi connectivity index (χ1) is 7.15. The molecule has 0 unspecified atom stereocenters. The summed E-state index contributed by atoms with van der Waals surface area (Å²) in [5, 5.41) is 9.77. The van der Waals surface area contributed by atoms with Crippen molar-refractivity contribution in [1.82, 2.24) is 0 Å². The highest BCUT2D eigenvalue weighted by Gasteiger charge is 2.16. The van der Waals surface area contributed by atoms with Gasteiger partial charge in [-0.15, -0.1) is 0 Å². The topological polar surface area (TPSA) is 59.7 Å². The van der Waals surface area contributed by atoms with E-state index in [0.717, 1.165) is 0 Å². The maximum atomic E-state index is 10.8. The smallest absolute Gasteiger partial charge is 0.330 e. The molecule has 1 heterocycles. The molecule has 4 heteroatoms. The Morgan fingerprint density at radius 1 is 1.67 bits per heavy atom. The lowest BCUT2D eigenvalue weighted by Gasteiger charge is -2.12. The molecular formula is C11H14O4. The van der Waals surface area contributed by atoms with Crippen molar-refractivity contribution in [3.05, 3.63) is 36.3 Å². The predicted octanol–water partition coefficient (Wildman–Crippen LogP) is 1.68. The fourth-order valence-electron chi connectivity index (χ4n) is 1.12. The summed E-state index contributed by atoms with van der Waals surface area (Å²) in [5.74, 6) is -0.166. The maximum absolute atomic E-state index is 10.8. The lowest BCUT2D eigenvalue weighted by atomic mass is 10.0. The molecule has 0 aliphatic rings. The number of esters is 1. The average molecular weight is 210 g/mol. The van der Waals surface area contributed by atoms with Crippen LogP contribution in [-0.2, 0) is 9.53 Å². The van der Waals surface area contributed by atoms with Gasteiger partial charge in [0.15, 0.2) is 0 Å². The molecule has 0 saturated carbocycles. The highest BCUT2D eigenvalue weighted by atomic mass is 16.5. The lowest BCUT2D eigenvalue weighted by Crippen LogP contribution is -2.06. The average Bonchev–Trinajstić information content (AvgIpc) is 2.77. The van der Waals surface area contributed by atoms with Crippen molar-refractivity contribution >= 4 is 5.97 Å². The van der Waals surface area contributed by atoms with Crippen LogP contribution in [-0.4, -0.2) is 18.2 Å². The molecule has 4 nitrogen and oxygen atoms in total. The molecule has 0 aromatic carbocycles. The summed E-state index contributed by atoms with van der Waals surface area (Å²) in [7, 11) is 1.31. The van der Waals surface area contributed by atoms with Gasteiger partial charge in [0, 0.05) is 12.0 Å². The van der Waals surface area contributed by atoms with Crippen LogP contribution in [0.1, 0.15) is 18.8 Å². The van der Waals surface area contributed by atoms with Gasteiger partial charge in [-0.1, -0.05) is 13.0 Å². The van der Waals surface area contributed by atoms with Crippen molar-refractivity contribution in [3.8, 4) is 0 Å². The first-order valence-electron chi connectivity index (χ1n) is 4.62. The third-order valence-electron chi connectivity index (χ3n) is 2.07. The van der Waals surface area contributed by atoms with Gasteiger partial charge in [-0.25, -0.2) is 4.79 Å². The van der Waals surface area contributed by atoms with E-state index in [-0.39, 0.29) is 5.92 Å². The van der Waals surface area contributed by atoms with Crippen molar-refractivity contribution in [2.75, 3.05) is 7.11 Å². The zero-order chi connectivity index (χ0) is 11.3. The van der Waals surface area contributed by atoms with E-state index in [1.165, 1.54) is 19.4 Å². The van der Waals surface area contributed by atoms with Crippen molar-refractivity contribution in [2.45, 2.75) is 13.0 Å². The molecule has 1 aromatic heterocycles. The van der Waals surface area contributed by atoms with Crippen LogP contribution in [0.4, 0.5) is 0 Å². The minimum absolute atomic E-state index is 0.213. The van der Waals surface area contributed by atoms with Crippen LogP contribution >= 0.6 is 0 Å². The summed E-state index contributed by atoms with van der Waals surface area (Å²) in [6, 6.07) is 3.39. The minimum Gasteiger partial charge on any atom is -0.467 e. The van der Waals surface area contributed by atoms with Gasteiger partial charge in [0.2, 0.25) is 0 Å². The lowest BCUT2D eigenvalue weighted by molar-refractivity contribution is -0.134. The van der Waals surface area contributed by atoms with Crippen LogP contribution in [0.25, 0.3) is 0 Å². The van der Waals surface area contributed by atoms with Crippen LogP contribution in [0.15, 0.2) is 35.0 Å². The number of carbonyl (C=O) groups is 1. The van der Waals surface area contributed by atoms with Gasteiger partial charge in [0.1, 0.15) is 11.9 Å². The van der Waals surface area contributed by atoms with Crippen LogP contribution in [0.5, 0.6) is 0 Å². The summed E-state index contributed by atoms with van der Waals surface area (Å²) in [4.78, 5) is 10.8. The standard InChI is InChI=1S/C11H14O4/c1-8(5-6-10(12)14-2)11(13)9-4-3-7-15-9/h3-8,11,13H,1-2H3/b6-5+/t8-,11-/m1/s1.